The summed E-state index contributed by atoms with van der Waals surface area (Å²) in [6.45, 7) is 2.86. The van der Waals surface area contributed by atoms with Crippen molar-refractivity contribution in [2.45, 2.75) is 76.3 Å². The largest absolute Gasteiger partial charge is 0.390 e. The molecule has 3 aliphatic rings. The summed E-state index contributed by atoms with van der Waals surface area (Å²) in [5, 5.41) is 19.7. The summed E-state index contributed by atoms with van der Waals surface area (Å²) in [5.41, 5.74) is 2.02. The lowest BCUT2D eigenvalue weighted by atomic mass is 9.99. The first kappa shape index (κ1) is 24.1. The fourth-order valence-corrected chi connectivity index (χ4v) is 5.83. The first-order valence-corrected chi connectivity index (χ1v) is 12.5. The van der Waals surface area contributed by atoms with Gasteiger partial charge in [-0.15, -0.1) is 5.10 Å². The van der Waals surface area contributed by atoms with Gasteiger partial charge in [-0.25, -0.2) is 13.9 Å². The second-order valence-electron chi connectivity index (χ2n) is 10.2. The Hall–Kier alpha value is -2.56. The number of hydrogen-bond donors (Lipinski definition) is 1. The summed E-state index contributed by atoms with van der Waals surface area (Å²) in [4.78, 5) is 15.1. The van der Waals surface area contributed by atoms with E-state index in [1.807, 2.05) is 32.2 Å². The van der Waals surface area contributed by atoms with Crippen molar-refractivity contribution in [1.82, 2.24) is 29.0 Å². The highest BCUT2D eigenvalue weighted by Gasteiger charge is 2.41. The fraction of sp³-hybridized carbons (Fsp3) is 0.640. The molecule has 35 heavy (non-hydrogen) atoms. The molecule has 2 aliphatic heterocycles. The van der Waals surface area contributed by atoms with E-state index < -0.39 is 6.10 Å². The molecule has 0 radical (unpaired) electrons. The lowest BCUT2D eigenvalue weighted by molar-refractivity contribution is -0.0267. The van der Waals surface area contributed by atoms with E-state index in [4.69, 9.17) is 4.74 Å². The van der Waals surface area contributed by atoms with Gasteiger partial charge in [0.15, 0.2) is 5.82 Å². The van der Waals surface area contributed by atoms with E-state index in [1.165, 1.54) is 9.25 Å². The third-order valence-electron chi connectivity index (χ3n) is 7.59. The molecule has 2 fully saturated rings. The molecule has 2 aromatic heterocycles. The molecule has 10 heteroatoms. The van der Waals surface area contributed by atoms with Gasteiger partial charge in [0, 0.05) is 44.7 Å². The molecule has 190 valence electrons. The van der Waals surface area contributed by atoms with Crippen LogP contribution in [0.3, 0.4) is 0 Å². The van der Waals surface area contributed by atoms with E-state index >= 15 is 0 Å². The molecule has 1 aliphatic carbocycles. The van der Waals surface area contributed by atoms with Crippen LogP contribution in [-0.4, -0.2) is 71.6 Å². The maximum Gasteiger partial charge on any atom is 0.346 e. The minimum atomic E-state index is -0.712. The summed E-state index contributed by atoms with van der Waals surface area (Å²) < 4.78 is 24.7. The van der Waals surface area contributed by atoms with Crippen molar-refractivity contribution >= 4 is 0 Å². The zero-order chi connectivity index (χ0) is 24.7. The number of aromatic nitrogens is 5. The van der Waals surface area contributed by atoms with Crippen LogP contribution in [0.15, 0.2) is 34.4 Å². The summed E-state index contributed by atoms with van der Waals surface area (Å²) in [7, 11) is 3.51. The highest BCUT2D eigenvalue weighted by molar-refractivity contribution is 5.50. The van der Waals surface area contributed by atoms with Gasteiger partial charge in [-0.3, -0.25) is 14.1 Å². The molecule has 3 atom stereocenters. The third kappa shape index (κ3) is 4.92. The van der Waals surface area contributed by atoms with E-state index in [-0.39, 0.29) is 24.2 Å². The molecule has 0 saturated carbocycles. The summed E-state index contributed by atoms with van der Waals surface area (Å²) in [6, 6.07) is 2.56. The number of halogens is 1. The zero-order valence-electron chi connectivity index (χ0n) is 20.7. The Morgan fingerprint density at radius 2 is 1.94 bits per heavy atom. The lowest BCUT2D eigenvalue weighted by Gasteiger charge is -2.39. The second-order valence-corrected chi connectivity index (χ2v) is 10.2. The molecular weight excluding hydrogens is 451 g/mol. The molecule has 2 bridgehead atoms. The topological polar surface area (TPSA) is 90.3 Å². The van der Waals surface area contributed by atoms with Crippen molar-refractivity contribution in [3.8, 4) is 11.5 Å². The zero-order valence-corrected chi connectivity index (χ0v) is 20.7. The van der Waals surface area contributed by atoms with Crippen molar-refractivity contribution < 1.29 is 14.2 Å². The number of aryl methyl sites for hydroxylation is 2. The Morgan fingerprint density at radius 1 is 1.20 bits per heavy atom. The average Bonchev–Trinajstić information content (AvgIpc) is 3.37. The second kappa shape index (κ2) is 9.83. The van der Waals surface area contributed by atoms with E-state index in [0.717, 1.165) is 43.5 Å². The third-order valence-corrected chi connectivity index (χ3v) is 7.59. The van der Waals surface area contributed by atoms with Gasteiger partial charge in [0.05, 0.1) is 31.1 Å². The molecule has 5 rings (SSSR count). The van der Waals surface area contributed by atoms with Crippen LogP contribution in [0.25, 0.3) is 11.5 Å². The molecule has 0 amide bonds. The van der Waals surface area contributed by atoms with Crippen molar-refractivity contribution in [2.75, 3.05) is 13.2 Å². The van der Waals surface area contributed by atoms with Crippen LogP contribution >= 0.6 is 0 Å². The van der Waals surface area contributed by atoms with Gasteiger partial charge >= 0.3 is 5.69 Å². The van der Waals surface area contributed by atoms with Crippen molar-refractivity contribution in [3.63, 3.8) is 0 Å². The summed E-state index contributed by atoms with van der Waals surface area (Å²) in [5.74, 6) is 0.477. The predicted molar refractivity (Wildman–Crippen MR) is 129 cm³/mol. The molecule has 9 nitrogen and oxygen atoms in total. The van der Waals surface area contributed by atoms with E-state index in [1.54, 1.807) is 11.7 Å². The van der Waals surface area contributed by atoms with E-state index in [0.29, 0.717) is 43.1 Å². The Balaban J connectivity index is 1.19. The van der Waals surface area contributed by atoms with E-state index in [9.17, 15) is 14.3 Å². The van der Waals surface area contributed by atoms with Crippen LogP contribution in [0.5, 0.6) is 0 Å². The van der Waals surface area contributed by atoms with Crippen molar-refractivity contribution in [2.24, 2.45) is 14.1 Å². The predicted octanol–water partition coefficient (Wildman–Crippen LogP) is 2.24. The molecule has 1 N–H and O–H groups in total. The molecular formula is C25H35FN6O3. The van der Waals surface area contributed by atoms with Gasteiger partial charge in [-0.2, -0.15) is 5.10 Å². The highest BCUT2D eigenvalue weighted by Crippen LogP contribution is 2.37. The standard InChI is InChI=1S/C25H35FN6O3/c1-16-10-23(30(3)27-16)24-28-32(25(34)29(24)2)14-20(33)13-31-18-8-9-19(31)12-21(11-18)35-15-17-6-4-5-7-22(17)26/h4,6,10,18-21,33H,5,7-9,11-15H2,1-3H3. The number of piperidine rings is 1. The van der Waals surface area contributed by atoms with Gasteiger partial charge < -0.3 is 9.84 Å². The molecule has 0 spiro atoms. The number of ether oxygens (including phenoxy) is 1. The van der Waals surface area contributed by atoms with Gasteiger partial charge in [0.25, 0.3) is 0 Å². The maximum atomic E-state index is 14.0. The van der Waals surface area contributed by atoms with E-state index in [2.05, 4.69) is 15.1 Å². The summed E-state index contributed by atoms with van der Waals surface area (Å²) >= 11 is 0. The van der Waals surface area contributed by atoms with Crippen LogP contribution in [-0.2, 0) is 25.4 Å². The smallest absolute Gasteiger partial charge is 0.346 e. The van der Waals surface area contributed by atoms with Crippen LogP contribution < -0.4 is 5.69 Å². The number of fused-ring (bicyclic) bond motifs is 2. The SMILES string of the molecule is Cc1cc(-c2nn(CC(O)CN3C4CCC3CC(OCC3=C(F)CCC=C3)C4)c(=O)n2C)n(C)n1. The monoisotopic (exact) mass is 486 g/mol. The van der Waals surface area contributed by atoms with Crippen LogP contribution in [0, 0.1) is 6.92 Å². The molecule has 3 unspecified atom stereocenters. The molecule has 0 aromatic carbocycles. The number of aliphatic hydroxyl groups excluding tert-OH is 1. The van der Waals surface area contributed by atoms with Crippen molar-refractivity contribution in [3.05, 3.63) is 45.8 Å². The van der Waals surface area contributed by atoms with Gasteiger partial charge in [0.1, 0.15) is 11.5 Å². The van der Waals surface area contributed by atoms with Crippen molar-refractivity contribution in [1.29, 1.82) is 0 Å². The minimum absolute atomic E-state index is 0.0533. The normalized spacial score (nSPS) is 25.6. The fourth-order valence-electron chi connectivity index (χ4n) is 5.83. The summed E-state index contributed by atoms with van der Waals surface area (Å²) in [6.07, 6.45) is 8.39. The number of aliphatic hydroxyl groups is 1. The minimum Gasteiger partial charge on any atom is -0.390 e. The quantitative estimate of drug-likeness (QED) is 0.616. The lowest BCUT2D eigenvalue weighted by Crippen LogP contribution is -2.49. The first-order valence-electron chi connectivity index (χ1n) is 12.5. The average molecular weight is 487 g/mol. The number of allylic oxidation sites excluding steroid dienone is 2. The van der Waals surface area contributed by atoms with Gasteiger partial charge in [0.2, 0.25) is 0 Å². The number of nitrogens with zero attached hydrogens (tertiary/aromatic N) is 6. The first-order chi connectivity index (χ1) is 16.8. The van der Waals surface area contributed by atoms with Crippen LogP contribution in [0.2, 0.25) is 0 Å². The van der Waals surface area contributed by atoms with Crippen LogP contribution in [0.4, 0.5) is 4.39 Å². The molecule has 2 saturated heterocycles. The Labute approximate surface area is 204 Å². The maximum absolute atomic E-state index is 14.0. The molecule has 2 aromatic rings. The van der Waals surface area contributed by atoms with Gasteiger partial charge in [-0.1, -0.05) is 12.2 Å². The highest BCUT2D eigenvalue weighted by atomic mass is 19.1. The Kier molecular flexibility index (Phi) is 6.78. The van der Waals surface area contributed by atoms with Gasteiger partial charge in [-0.05, 0) is 45.1 Å². The number of rotatable bonds is 8. The molecule has 4 heterocycles. The Bertz CT molecular complexity index is 1180. The Morgan fingerprint density at radius 3 is 2.60 bits per heavy atom. The number of hydrogen-bond acceptors (Lipinski definition) is 6. The van der Waals surface area contributed by atoms with Crippen LogP contribution in [0.1, 0.15) is 44.2 Å².